The predicted octanol–water partition coefficient (Wildman–Crippen LogP) is 20.8. The molecule has 12 saturated heterocycles. The number of aliphatic hydroxyl groups is 3. The lowest BCUT2D eigenvalue weighted by atomic mass is 9.55. The first-order chi connectivity index (χ1) is 69.2. The molecule has 18 fully saturated rings. The third-order valence-electron chi connectivity index (χ3n) is 41.3. The summed E-state index contributed by atoms with van der Waals surface area (Å²) in [4.78, 5) is 65.3. The Balaban J connectivity index is 0.0000000897. The quantitative estimate of drug-likeness (QED) is 0.0539. The Labute approximate surface area is 838 Å². The van der Waals surface area contributed by atoms with E-state index in [1.165, 1.54) is 284 Å². The summed E-state index contributed by atoms with van der Waals surface area (Å²) in [6.07, 6.45) is 29.7. The number of esters is 1. The van der Waals surface area contributed by atoms with E-state index in [9.17, 15) is 35.1 Å². The van der Waals surface area contributed by atoms with E-state index in [0.29, 0.717) is 70.7 Å². The van der Waals surface area contributed by atoms with Crippen LogP contribution in [0.2, 0.25) is 0 Å². The van der Waals surface area contributed by atoms with Crippen LogP contribution in [0.5, 0.6) is 11.5 Å². The number of aromatic hydroxyl groups is 2. The van der Waals surface area contributed by atoms with Gasteiger partial charge >= 0.3 is 5.97 Å². The number of H-pyrrole nitrogens is 6. The number of carbonyl (C=O) groups excluding carboxylic acids is 2. The molecule has 24 bridgehead atoms. The number of hydrogen-bond acceptors (Lipinski definition) is 14. The smallest absolute Gasteiger partial charge is 0.319 e. The zero-order valence-corrected chi connectivity index (χ0v) is 85.8. The molecule has 24 heterocycles. The molecule has 20 heteroatoms. The molecule has 6 aliphatic carbocycles. The molecular formula is C122H156N12O8. The molecule has 24 aliphatic rings. The van der Waals surface area contributed by atoms with Crippen LogP contribution in [-0.4, -0.2) is 218 Å². The number of aromatic nitrogens is 6. The van der Waals surface area contributed by atoms with Crippen molar-refractivity contribution in [2.24, 2.45) is 71.0 Å². The first-order valence-corrected chi connectivity index (χ1v) is 56.3. The SMILES string of the molecule is CCC1CC2CC3c4[nH]c5ccc(CO)cc5c4CCN(C2)C13.CCC1CC2CC3c4[nH]c5ccc(CO)cc5c4CCN(C2)C13.CCC1CC2CC3c4[nH]c5ccc(O)cc5c4CCN(C2)C13.CCC1CC2CC3c4[nH]c5ccc(O)cc5c4CCN(C2)C13.CCC1CC2CN3CCc4c([nH]c5ccc(C)cc45)C(C(C)=O)(C2)C13.CCC1CC2CN3CCc4c([nH]c5ccc(CO)cc45)C(C(=O)OC)(C2)C13. The van der Waals surface area contributed by atoms with Crippen LogP contribution >= 0.6 is 0 Å². The van der Waals surface area contributed by atoms with Crippen LogP contribution in [-0.2, 0) is 83.5 Å². The van der Waals surface area contributed by atoms with Gasteiger partial charge < -0.3 is 60.2 Å². The number of Topliss-reactive ketones (excluding diaryl/α,β-unsaturated/α-hetero) is 1. The summed E-state index contributed by atoms with van der Waals surface area (Å²) in [6, 6.07) is 40.7. The molecule has 0 radical (unpaired) electrons. The normalized spacial score (nSPS) is 35.6. The van der Waals surface area contributed by atoms with Crippen molar-refractivity contribution in [3.63, 3.8) is 0 Å². The lowest BCUT2D eigenvalue weighted by Gasteiger charge is -2.58. The third-order valence-corrected chi connectivity index (χ3v) is 41.3. The summed E-state index contributed by atoms with van der Waals surface area (Å²) in [6.45, 7) is 32.8. The highest BCUT2D eigenvalue weighted by atomic mass is 16.5. The van der Waals surface area contributed by atoms with Gasteiger partial charge in [-0.25, -0.2) is 0 Å². The molecule has 11 N–H and O–H groups in total. The maximum absolute atomic E-state index is 13.4. The number of carbonyl (C=O) groups is 2. The lowest BCUT2D eigenvalue weighted by Crippen LogP contribution is -2.67. The molecule has 12 aromatic rings. The summed E-state index contributed by atoms with van der Waals surface area (Å²) in [5, 5.41) is 56.0. The molecule has 6 saturated carbocycles. The van der Waals surface area contributed by atoms with E-state index < -0.39 is 5.41 Å². The number of phenolic OH excluding ortho intramolecular Hbond substituents is 2. The first-order valence-electron chi connectivity index (χ1n) is 56.3. The number of aryl methyl sites for hydroxylation is 1. The standard InChI is InChI=1S/C22H28N2O3.C22H28N2O.2C20H26N2O.2C19H24N2O/c1-3-15-8-14-10-22(21(26)27-2)19-16(6-7-24(11-14)20(15)22)17-9-13(12-25)4-5-18(17)23-19;1-4-16-10-15-11-22(14(3)25)20-17(7-8-24(12-15)21(16)22)18-9-13(2)5-6-19(18)23-20;2*1-2-14-7-13-9-17-19-15(5-6-22(10-13)20(14)17)16-8-12(11-23)3-4-18(16)21-19;2*1-2-12-7-11-8-16-18-14(5-6-21(10-11)19(12)16)15-9-13(22)3-4-17(15)20-18/h4-5,9,14-15,20,23,25H,3,6-8,10-12H2,1-2H3;5-6,9,15-16,21,23H,4,7-8,10-12H2,1-3H3;2*3-4,8,13-14,17,20-21,23H,2,5-7,9-11H2,1H3;2*3-4,9,11-12,16,19-20,22H,2,5-8,10H2,1H3. The van der Waals surface area contributed by atoms with Gasteiger partial charge in [0.25, 0.3) is 0 Å². The summed E-state index contributed by atoms with van der Waals surface area (Å²) < 4.78 is 5.44. The van der Waals surface area contributed by atoms with Crippen LogP contribution in [0.15, 0.2) is 109 Å². The van der Waals surface area contributed by atoms with Gasteiger partial charge in [0.15, 0.2) is 0 Å². The van der Waals surface area contributed by atoms with Crippen molar-refractivity contribution in [3.05, 3.63) is 199 Å². The zero-order chi connectivity index (χ0) is 96.9. The number of ether oxygens (including phenoxy) is 1. The van der Waals surface area contributed by atoms with Crippen LogP contribution < -0.4 is 0 Å². The van der Waals surface area contributed by atoms with Gasteiger partial charge in [-0.15, -0.1) is 0 Å². The van der Waals surface area contributed by atoms with E-state index in [1.54, 1.807) is 12.1 Å². The van der Waals surface area contributed by atoms with Gasteiger partial charge in [0.1, 0.15) is 22.7 Å². The molecule has 142 heavy (non-hydrogen) atoms. The minimum Gasteiger partial charge on any atom is -0.508 e. The number of hydrogen-bond donors (Lipinski definition) is 11. The van der Waals surface area contributed by atoms with Crippen molar-refractivity contribution in [2.45, 2.75) is 300 Å². The van der Waals surface area contributed by atoms with Crippen molar-refractivity contribution in [3.8, 4) is 11.5 Å². The van der Waals surface area contributed by atoms with Gasteiger partial charge in [-0.1, -0.05) is 110 Å². The fourth-order valence-electron chi connectivity index (χ4n) is 36.0. The number of rotatable bonds is 11. The van der Waals surface area contributed by atoms with Gasteiger partial charge in [-0.2, -0.15) is 0 Å². The van der Waals surface area contributed by atoms with Crippen molar-refractivity contribution < 1.29 is 39.9 Å². The Morgan fingerprint density at radius 2 is 0.620 bits per heavy atom. The molecule has 36 rings (SSSR count). The first kappa shape index (κ1) is 94.0. The number of piperidine rings is 12. The average molecular weight is 1920 g/mol. The highest BCUT2D eigenvalue weighted by molar-refractivity contribution is 5.96. The molecule has 30 unspecified atom stereocenters. The summed E-state index contributed by atoms with van der Waals surface area (Å²) in [7, 11) is 1.53. The van der Waals surface area contributed by atoms with Gasteiger partial charge in [-0.05, 0) is 335 Å². The summed E-state index contributed by atoms with van der Waals surface area (Å²) in [5.41, 5.74) is 27.5. The number of fused-ring (bicyclic) bond motifs is 24. The van der Waals surface area contributed by atoms with Gasteiger partial charge in [0.05, 0.1) is 32.3 Å². The molecule has 6 aromatic carbocycles. The van der Waals surface area contributed by atoms with Gasteiger partial charge in [0.2, 0.25) is 0 Å². The maximum atomic E-state index is 13.4. The largest absolute Gasteiger partial charge is 0.508 e. The Morgan fingerprint density at radius 1 is 0.338 bits per heavy atom. The fourth-order valence-corrected chi connectivity index (χ4v) is 36.0. The summed E-state index contributed by atoms with van der Waals surface area (Å²) >= 11 is 0. The predicted molar refractivity (Wildman–Crippen MR) is 566 cm³/mol. The van der Waals surface area contributed by atoms with Crippen LogP contribution in [0, 0.1) is 77.9 Å². The minimum atomic E-state index is -0.596. The molecule has 30 atom stereocenters. The highest BCUT2D eigenvalue weighted by Crippen LogP contribution is 2.61. The maximum Gasteiger partial charge on any atom is 0.319 e. The fraction of sp³-hybridized carbons (Fsp3) is 0.590. The van der Waals surface area contributed by atoms with E-state index in [2.05, 4.69) is 156 Å². The number of phenols is 2. The number of nitrogens with zero attached hydrogens (tertiary/aromatic N) is 6. The Bertz CT molecular complexity index is 6550. The zero-order valence-electron chi connectivity index (χ0n) is 85.8. The van der Waals surface area contributed by atoms with Crippen molar-refractivity contribution in [1.29, 1.82) is 0 Å². The lowest BCUT2D eigenvalue weighted by molar-refractivity contribution is -0.162. The van der Waals surface area contributed by atoms with E-state index in [-0.39, 0.29) is 37.2 Å². The molecule has 752 valence electrons. The van der Waals surface area contributed by atoms with E-state index in [4.69, 9.17) is 4.74 Å². The van der Waals surface area contributed by atoms with E-state index >= 15 is 0 Å². The Hall–Kier alpha value is -9.06. The number of benzene rings is 6. The Kier molecular flexibility index (Phi) is 24.5. The molecule has 0 spiro atoms. The molecule has 20 nitrogen and oxygen atoms in total. The average Bonchev–Trinajstić information content (AvgIpc) is 1.50. The van der Waals surface area contributed by atoms with Gasteiger partial charge in [0, 0.05) is 238 Å². The number of ketones is 1. The minimum absolute atomic E-state index is 0.0345. The Morgan fingerprint density at radius 3 is 0.965 bits per heavy atom. The van der Waals surface area contributed by atoms with E-state index in [1.807, 2.05) is 55.5 Å². The van der Waals surface area contributed by atoms with Crippen molar-refractivity contribution >= 4 is 77.2 Å². The van der Waals surface area contributed by atoms with Crippen LogP contribution in [0.3, 0.4) is 0 Å². The van der Waals surface area contributed by atoms with Crippen molar-refractivity contribution in [1.82, 2.24) is 59.3 Å². The van der Waals surface area contributed by atoms with Crippen LogP contribution in [0.4, 0.5) is 0 Å². The second kappa shape index (κ2) is 37.1. The van der Waals surface area contributed by atoms with Crippen LogP contribution in [0.1, 0.15) is 278 Å². The van der Waals surface area contributed by atoms with Gasteiger partial charge in [-0.3, -0.25) is 39.0 Å². The molecule has 0 amide bonds. The monoisotopic (exact) mass is 1920 g/mol. The topological polar surface area (TPSA) is 259 Å². The molecule has 6 aromatic heterocycles. The second-order valence-electron chi connectivity index (χ2n) is 48.4. The molecular weight excluding hydrogens is 1760 g/mol. The summed E-state index contributed by atoms with van der Waals surface area (Å²) in [5.74, 6) is 13.2. The number of aliphatic hydroxyl groups excluding tert-OH is 3. The van der Waals surface area contributed by atoms with Crippen LogP contribution in [0.25, 0.3) is 65.4 Å². The third kappa shape index (κ3) is 15.2. The van der Waals surface area contributed by atoms with Crippen molar-refractivity contribution in [2.75, 3.05) is 85.6 Å². The number of nitrogens with one attached hydrogen (secondary N) is 6. The highest BCUT2D eigenvalue weighted by Gasteiger charge is 2.65. The second-order valence-corrected chi connectivity index (χ2v) is 48.4. The number of aromatic amines is 6. The van der Waals surface area contributed by atoms with E-state index in [0.717, 1.165) is 182 Å². The number of methoxy groups -OCH3 is 1. The molecule has 18 aliphatic heterocycles.